The fraction of sp³-hybridized carbons (Fsp3) is 0.250. The van der Waals surface area contributed by atoms with Gasteiger partial charge in [-0.1, -0.05) is 11.6 Å². The number of aromatic hydroxyl groups is 1. The summed E-state index contributed by atoms with van der Waals surface area (Å²) in [7, 11) is -2.23. The first kappa shape index (κ1) is 11.3. The van der Waals surface area contributed by atoms with E-state index in [2.05, 4.69) is 4.72 Å². The molecule has 0 fully saturated rings. The van der Waals surface area contributed by atoms with Crippen LogP contribution in [0.15, 0.2) is 17.0 Å². The van der Waals surface area contributed by atoms with Crippen molar-refractivity contribution in [2.75, 3.05) is 7.05 Å². The van der Waals surface area contributed by atoms with Crippen molar-refractivity contribution in [2.45, 2.75) is 11.8 Å². The first-order chi connectivity index (χ1) is 6.38. The predicted octanol–water partition coefficient (Wildman–Crippen LogP) is 1.26. The number of nitrogens with one attached hydrogen (secondary N) is 1. The Balaban J connectivity index is 3.45. The Kier molecular flexibility index (Phi) is 3.04. The maximum atomic E-state index is 11.4. The number of sulfonamides is 1. The van der Waals surface area contributed by atoms with Crippen LogP contribution in [0.4, 0.5) is 0 Å². The zero-order valence-corrected chi connectivity index (χ0v) is 9.28. The van der Waals surface area contributed by atoms with E-state index in [1.807, 2.05) is 0 Å². The van der Waals surface area contributed by atoms with E-state index in [1.54, 1.807) is 6.92 Å². The van der Waals surface area contributed by atoms with Crippen molar-refractivity contribution in [2.24, 2.45) is 0 Å². The number of hydrogen-bond acceptors (Lipinski definition) is 3. The largest absolute Gasteiger partial charge is 0.506 e. The number of halogens is 1. The molecule has 1 aromatic rings. The van der Waals surface area contributed by atoms with Gasteiger partial charge in [0.15, 0.2) is 0 Å². The van der Waals surface area contributed by atoms with Crippen molar-refractivity contribution < 1.29 is 13.5 Å². The highest BCUT2D eigenvalue weighted by Gasteiger charge is 2.16. The summed E-state index contributed by atoms with van der Waals surface area (Å²) in [6.07, 6.45) is 0. The Morgan fingerprint density at radius 1 is 1.43 bits per heavy atom. The van der Waals surface area contributed by atoms with Crippen LogP contribution in [0.25, 0.3) is 0 Å². The molecule has 0 spiro atoms. The second kappa shape index (κ2) is 3.76. The van der Waals surface area contributed by atoms with E-state index in [0.717, 1.165) is 6.07 Å². The van der Waals surface area contributed by atoms with Gasteiger partial charge in [-0.3, -0.25) is 0 Å². The number of rotatable bonds is 2. The van der Waals surface area contributed by atoms with Crippen LogP contribution >= 0.6 is 11.6 Å². The highest BCUT2D eigenvalue weighted by Crippen LogP contribution is 2.28. The number of aryl methyl sites for hydroxylation is 1. The maximum absolute atomic E-state index is 11.4. The molecule has 2 N–H and O–H groups in total. The average Bonchev–Trinajstić information content (AvgIpc) is 2.11. The highest BCUT2D eigenvalue weighted by molar-refractivity contribution is 7.89. The molecule has 78 valence electrons. The van der Waals surface area contributed by atoms with Crippen LogP contribution in [-0.4, -0.2) is 20.6 Å². The lowest BCUT2D eigenvalue weighted by Crippen LogP contribution is -2.19. The van der Waals surface area contributed by atoms with Gasteiger partial charge in [-0.25, -0.2) is 13.1 Å². The Bertz CT molecular complexity index is 456. The van der Waals surface area contributed by atoms with Crippen molar-refractivity contribution in [3.05, 3.63) is 22.7 Å². The minimum atomic E-state index is -3.54. The van der Waals surface area contributed by atoms with Gasteiger partial charge in [0, 0.05) is 6.07 Å². The molecular weight excluding hydrogens is 226 g/mol. The van der Waals surface area contributed by atoms with E-state index >= 15 is 0 Å². The van der Waals surface area contributed by atoms with E-state index < -0.39 is 10.0 Å². The number of hydrogen-bond donors (Lipinski definition) is 2. The molecule has 6 heteroatoms. The summed E-state index contributed by atoms with van der Waals surface area (Å²) in [6.45, 7) is 1.61. The quantitative estimate of drug-likeness (QED) is 0.811. The van der Waals surface area contributed by atoms with Gasteiger partial charge in [0.1, 0.15) is 5.75 Å². The summed E-state index contributed by atoms with van der Waals surface area (Å²) >= 11 is 5.61. The Morgan fingerprint density at radius 3 is 2.50 bits per heavy atom. The lowest BCUT2D eigenvalue weighted by atomic mass is 10.2. The van der Waals surface area contributed by atoms with Gasteiger partial charge in [0.25, 0.3) is 0 Å². The molecule has 1 rings (SSSR count). The molecule has 0 saturated heterocycles. The molecule has 0 aliphatic rings. The molecule has 14 heavy (non-hydrogen) atoms. The molecule has 0 aromatic heterocycles. The fourth-order valence-electron chi connectivity index (χ4n) is 1.04. The molecule has 0 unspecified atom stereocenters. The van der Waals surface area contributed by atoms with Gasteiger partial charge < -0.3 is 5.11 Å². The molecule has 0 amide bonds. The van der Waals surface area contributed by atoms with Crippen molar-refractivity contribution in [3.63, 3.8) is 0 Å². The lowest BCUT2D eigenvalue weighted by Gasteiger charge is -2.07. The molecule has 0 bridgehead atoms. The third kappa shape index (κ3) is 2.00. The van der Waals surface area contributed by atoms with Gasteiger partial charge in [-0.05, 0) is 25.6 Å². The molecule has 4 nitrogen and oxygen atoms in total. The molecule has 1 aromatic carbocycles. The van der Waals surface area contributed by atoms with Crippen LogP contribution < -0.4 is 4.72 Å². The summed E-state index contributed by atoms with van der Waals surface area (Å²) < 4.78 is 25.0. The van der Waals surface area contributed by atoms with Crippen LogP contribution in [0.2, 0.25) is 5.02 Å². The summed E-state index contributed by atoms with van der Waals surface area (Å²) in [5, 5.41) is 9.40. The molecule has 0 heterocycles. The molecule has 0 aliphatic heterocycles. The summed E-state index contributed by atoms with van der Waals surface area (Å²) in [5.41, 5.74) is 0.488. The average molecular weight is 236 g/mol. The van der Waals surface area contributed by atoms with E-state index in [0.29, 0.717) is 5.56 Å². The predicted molar refractivity (Wildman–Crippen MR) is 54.1 cm³/mol. The molecular formula is C8H10ClNO3S. The van der Waals surface area contributed by atoms with Gasteiger partial charge in [0.05, 0.1) is 9.92 Å². The molecule has 0 radical (unpaired) electrons. The van der Waals surface area contributed by atoms with Crippen molar-refractivity contribution >= 4 is 21.6 Å². The van der Waals surface area contributed by atoms with E-state index in [1.165, 1.54) is 13.1 Å². The second-order valence-electron chi connectivity index (χ2n) is 2.78. The van der Waals surface area contributed by atoms with Crippen LogP contribution in [0.5, 0.6) is 5.75 Å². The van der Waals surface area contributed by atoms with E-state index in [9.17, 15) is 13.5 Å². The van der Waals surface area contributed by atoms with Crippen molar-refractivity contribution in [1.82, 2.24) is 4.72 Å². The maximum Gasteiger partial charge on any atom is 0.240 e. The minimum absolute atomic E-state index is 0.0295. The third-order valence-corrected chi connectivity index (χ3v) is 3.66. The zero-order valence-electron chi connectivity index (χ0n) is 7.70. The van der Waals surface area contributed by atoms with Gasteiger partial charge >= 0.3 is 0 Å². The molecule has 0 atom stereocenters. The van der Waals surface area contributed by atoms with Gasteiger partial charge in [-0.2, -0.15) is 0 Å². The van der Waals surface area contributed by atoms with Crippen LogP contribution in [-0.2, 0) is 10.0 Å². The lowest BCUT2D eigenvalue weighted by molar-refractivity contribution is 0.473. The zero-order chi connectivity index (χ0) is 10.9. The van der Waals surface area contributed by atoms with Crippen LogP contribution in [0, 0.1) is 6.92 Å². The minimum Gasteiger partial charge on any atom is -0.506 e. The summed E-state index contributed by atoms with van der Waals surface area (Å²) in [6, 6.07) is 2.53. The van der Waals surface area contributed by atoms with Crippen LogP contribution in [0.1, 0.15) is 5.56 Å². The Hall–Kier alpha value is -0.780. The first-order valence-electron chi connectivity index (χ1n) is 3.81. The fourth-order valence-corrected chi connectivity index (χ4v) is 2.23. The van der Waals surface area contributed by atoms with Crippen LogP contribution in [0.3, 0.4) is 0 Å². The summed E-state index contributed by atoms with van der Waals surface area (Å²) in [4.78, 5) is 0.0295. The summed E-state index contributed by atoms with van der Waals surface area (Å²) in [5.74, 6) is -0.244. The second-order valence-corrected chi connectivity index (χ2v) is 5.04. The van der Waals surface area contributed by atoms with Crippen molar-refractivity contribution in [3.8, 4) is 5.75 Å². The number of phenols is 1. The standard InChI is InChI=1S/C8H10ClNO3S/c1-5-3-6(9)7(11)4-8(5)14(12,13)10-2/h3-4,10-11H,1-2H3. The molecule has 0 saturated carbocycles. The van der Waals surface area contributed by atoms with E-state index in [-0.39, 0.29) is 15.7 Å². The van der Waals surface area contributed by atoms with Crippen molar-refractivity contribution in [1.29, 1.82) is 0 Å². The van der Waals surface area contributed by atoms with Gasteiger partial charge in [0.2, 0.25) is 10.0 Å². The third-order valence-electron chi connectivity index (χ3n) is 1.80. The SMILES string of the molecule is CNS(=O)(=O)c1cc(O)c(Cl)cc1C. The number of benzene rings is 1. The Morgan fingerprint density at radius 2 is 2.00 bits per heavy atom. The smallest absolute Gasteiger partial charge is 0.240 e. The highest BCUT2D eigenvalue weighted by atomic mass is 35.5. The number of phenolic OH excluding ortho intramolecular Hbond substituents is 1. The normalized spacial score (nSPS) is 11.6. The van der Waals surface area contributed by atoms with Gasteiger partial charge in [-0.15, -0.1) is 0 Å². The molecule has 0 aliphatic carbocycles. The Labute approximate surface area is 87.6 Å². The first-order valence-corrected chi connectivity index (χ1v) is 5.67. The van der Waals surface area contributed by atoms with E-state index in [4.69, 9.17) is 11.6 Å². The monoisotopic (exact) mass is 235 g/mol. The topological polar surface area (TPSA) is 66.4 Å².